The fourth-order valence-corrected chi connectivity index (χ4v) is 3.69. The van der Waals surface area contributed by atoms with E-state index in [1.165, 1.54) is 6.26 Å². The van der Waals surface area contributed by atoms with Gasteiger partial charge in [-0.15, -0.1) is 0 Å². The average molecular weight is 397 g/mol. The lowest BCUT2D eigenvalue weighted by Gasteiger charge is -2.26. The molecule has 0 aromatic carbocycles. The van der Waals surface area contributed by atoms with Crippen molar-refractivity contribution in [1.82, 2.24) is 15.5 Å². The van der Waals surface area contributed by atoms with Crippen molar-refractivity contribution in [3.05, 3.63) is 35.7 Å². The SMILES string of the molecule is Cc1noc2nc(-c3ccco3)cc(C(=O)OCC(=O)NC3CCC(C)CC3)c12. The number of aromatic nitrogens is 2. The Morgan fingerprint density at radius 1 is 1.28 bits per heavy atom. The van der Waals surface area contributed by atoms with Gasteiger partial charge in [0.2, 0.25) is 0 Å². The predicted octanol–water partition coefficient (Wildman–Crippen LogP) is 3.64. The zero-order chi connectivity index (χ0) is 20.4. The first-order valence-corrected chi connectivity index (χ1v) is 9.78. The molecule has 1 saturated carbocycles. The fraction of sp³-hybridized carbons (Fsp3) is 0.429. The Morgan fingerprint density at radius 3 is 2.79 bits per heavy atom. The third kappa shape index (κ3) is 4.16. The van der Waals surface area contributed by atoms with Crippen LogP contribution in [0.3, 0.4) is 0 Å². The molecule has 1 amide bonds. The van der Waals surface area contributed by atoms with Crippen molar-refractivity contribution in [3.63, 3.8) is 0 Å². The molecule has 4 rings (SSSR count). The van der Waals surface area contributed by atoms with E-state index < -0.39 is 5.97 Å². The molecule has 0 radical (unpaired) electrons. The zero-order valence-electron chi connectivity index (χ0n) is 16.4. The molecule has 29 heavy (non-hydrogen) atoms. The monoisotopic (exact) mass is 397 g/mol. The van der Waals surface area contributed by atoms with E-state index in [2.05, 4.69) is 22.4 Å². The van der Waals surface area contributed by atoms with Crippen molar-refractivity contribution in [2.24, 2.45) is 5.92 Å². The Kier molecular flexibility index (Phi) is 5.33. The first-order chi connectivity index (χ1) is 14.0. The molecule has 1 aliphatic carbocycles. The van der Waals surface area contributed by atoms with Crippen molar-refractivity contribution in [1.29, 1.82) is 0 Å². The van der Waals surface area contributed by atoms with Gasteiger partial charge in [0.1, 0.15) is 5.69 Å². The third-order valence-corrected chi connectivity index (χ3v) is 5.33. The minimum atomic E-state index is -0.635. The molecule has 0 unspecified atom stereocenters. The maximum atomic E-state index is 12.7. The largest absolute Gasteiger partial charge is 0.463 e. The second-order valence-corrected chi connectivity index (χ2v) is 7.58. The standard InChI is InChI=1S/C21H23N3O5/c1-12-5-7-14(8-6-12)22-18(25)11-28-21(26)15-10-16(17-4-3-9-27-17)23-20-19(15)13(2)24-29-20/h3-4,9-10,12,14H,5-8,11H2,1-2H3,(H,22,25). The summed E-state index contributed by atoms with van der Waals surface area (Å²) in [6, 6.07) is 5.16. The average Bonchev–Trinajstić information content (AvgIpc) is 3.38. The highest BCUT2D eigenvalue weighted by Crippen LogP contribution is 2.28. The number of amides is 1. The fourth-order valence-electron chi connectivity index (χ4n) is 3.69. The topological polar surface area (TPSA) is 107 Å². The molecule has 1 N–H and O–H groups in total. The maximum Gasteiger partial charge on any atom is 0.339 e. The molecule has 0 atom stereocenters. The smallest absolute Gasteiger partial charge is 0.339 e. The first kappa shape index (κ1) is 19.2. The molecule has 152 valence electrons. The normalized spacial score (nSPS) is 19.2. The van der Waals surface area contributed by atoms with E-state index in [9.17, 15) is 9.59 Å². The van der Waals surface area contributed by atoms with Gasteiger partial charge in [0.15, 0.2) is 12.4 Å². The van der Waals surface area contributed by atoms with Crippen LogP contribution >= 0.6 is 0 Å². The van der Waals surface area contributed by atoms with E-state index in [0.29, 0.717) is 28.5 Å². The molecular weight excluding hydrogens is 374 g/mol. The summed E-state index contributed by atoms with van der Waals surface area (Å²) in [7, 11) is 0. The Balaban J connectivity index is 1.48. The Hall–Kier alpha value is -3.16. The highest BCUT2D eigenvalue weighted by Gasteiger charge is 2.23. The minimum Gasteiger partial charge on any atom is -0.463 e. The van der Waals surface area contributed by atoms with Gasteiger partial charge >= 0.3 is 5.97 Å². The van der Waals surface area contributed by atoms with Crippen LogP contribution in [0.2, 0.25) is 0 Å². The second kappa shape index (κ2) is 8.06. The van der Waals surface area contributed by atoms with Crippen molar-refractivity contribution in [2.45, 2.75) is 45.6 Å². The van der Waals surface area contributed by atoms with E-state index in [-0.39, 0.29) is 29.8 Å². The summed E-state index contributed by atoms with van der Waals surface area (Å²) in [6.07, 6.45) is 5.63. The molecule has 0 saturated heterocycles. The lowest BCUT2D eigenvalue weighted by Crippen LogP contribution is -2.39. The summed E-state index contributed by atoms with van der Waals surface area (Å²) in [5.74, 6) is 0.255. The number of carbonyl (C=O) groups is 2. The molecule has 8 nitrogen and oxygen atoms in total. The van der Waals surface area contributed by atoms with Crippen LogP contribution in [0, 0.1) is 12.8 Å². The molecule has 1 aliphatic rings. The Morgan fingerprint density at radius 2 is 2.07 bits per heavy atom. The van der Waals surface area contributed by atoms with Crippen molar-refractivity contribution in [3.8, 4) is 11.5 Å². The number of ether oxygens (including phenoxy) is 1. The van der Waals surface area contributed by atoms with Crippen LogP contribution in [0.15, 0.2) is 33.4 Å². The first-order valence-electron chi connectivity index (χ1n) is 9.78. The molecule has 0 aliphatic heterocycles. The summed E-state index contributed by atoms with van der Waals surface area (Å²) in [5, 5.41) is 7.30. The number of pyridine rings is 1. The van der Waals surface area contributed by atoms with Crippen LogP contribution in [0.1, 0.15) is 48.7 Å². The summed E-state index contributed by atoms with van der Waals surface area (Å²) >= 11 is 0. The van der Waals surface area contributed by atoms with Crippen molar-refractivity contribution < 1.29 is 23.3 Å². The number of nitrogens with one attached hydrogen (secondary N) is 1. The van der Waals surface area contributed by atoms with Gasteiger partial charge in [-0.1, -0.05) is 12.1 Å². The Labute approximate surface area is 167 Å². The Bertz CT molecular complexity index is 1020. The summed E-state index contributed by atoms with van der Waals surface area (Å²) < 4.78 is 15.9. The molecule has 1 fully saturated rings. The van der Waals surface area contributed by atoms with Crippen LogP contribution in [-0.4, -0.2) is 34.7 Å². The van der Waals surface area contributed by atoms with Crippen LogP contribution < -0.4 is 5.32 Å². The van der Waals surface area contributed by atoms with E-state index in [0.717, 1.165) is 25.7 Å². The lowest BCUT2D eigenvalue weighted by atomic mass is 9.87. The van der Waals surface area contributed by atoms with Crippen LogP contribution in [0.5, 0.6) is 0 Å². The van der Waals surface area contributed by atoms with Gasteiger partial charge in [-0.25, -0.2) is 9.78 Å². The van der Waals surface area contributed by atoms with Crippen LogP contribution in [-0.2, 0) is 9.53 Å². The molecule has 3 heterocycles. The number of nitrogens with zero attached hydrogens (tertiary/aromatic N) is 2. The van der Waals surface area contributed by atoms with Gasteiger partial charge in [-0.05, 0) is 56.7 Å². The highest BCUT2D eigenvalue weighted by molar-refractivity contribution is 6.04. The number of hydrogen-bond donors (Lipinski definition) is 1. The number of furan rings is 1. The summed E-state index contributed by atoms with van der Waals surface area (Å²) in [4.78, 5) is 29.3. The van der Waals surface area contributed by atoms with Gasteiger partial charge in [-0.2, -0.15) is 0 Å². The second-order valence-electron chi connectivity index (χ2n) is 7.58. The van der Waals surface area contributed by atoms with Crippen LogP contribution in [0.4, 0.5) is 0 Å². The number of carbonyl (C=O) groups excluding carboxylic acids is 2. The number of hydrogen-bond acceptors (Lipinski definition) is 7. The van der Waals surface area contributed by atoms with E-state index in [4.69, 9.17) is 13.7 Å². The molecule has 0 bridgehead atoms. The van der Waals surface area contributed by atoms with E-state index in [1.807, 2.05) is 0 Å². The number of fused-ring (bicyclic) bond motifs is 1. The van der Waals surface area contributed by atoms with Crippen molar-refractivity contribution in [2.75, 3.05) is 6.61 Å². The third-order valence-electron chi connectivity index (χ3n) is 5.33. The quantitative estimate of drug-likeness (QED) is 0.655. The van der Waals surface area contributed by atoms with Gasteiger partial charge in [0, 0.05) is 6.04 Å². The van der Waals surface area contributed by atoms with Gasteiger partial charge in [-0.3, -0.25) is 4.79 Å². The maximum absolute atomic E-state index is 12.7. The van der Waals surface area contributed by atoms with Crippen molar-refractivity contribution >= 4 is 23.0 Å². The molecule has 3 aromatic heterocycles. The molecule has 3 aromatic rings. The summed E-state index contributed by atoms with van der Waals surface area (Å²) in [6.45, 7) is 3.60. The predicted molar refractivity (Wildman–Crippen MR) is 104 cm³/mol. The number of esters is 1. The number of aryl methyl sites for hydroxylation is 1. The molecular formula is C21H23N3O5. The number of rotatable bonds is 5. The van der Waals surface area contributed by atoms with E-state index in [1.54, 1.807) is 25.1 Å². The highest BCUT2D eigenvalue weighted by atomic mass is 16.5. The van der Waals surface area contributed by atoms with Gasteiger partial charge < -0.3 is 19.0 Å². The minimum absolute atomic E-state index is 0.149. The lowest BCUT2D eigenvalue weighted by molar-refractivity contribution is -0.125. The summed E-state index contributed by atoms with van der Waals surface area (Å²) in [5.41, 5.74) is 1.39. The van der Waals surface area contributed by atoms with E-state index >= 15 is 0 Å². The zero-order valence-corrected chi connectivity index (χ0v) is 16.4. The van der Waals surface area contributed by atoms with Gasteiger partial charge in [0.05, 0.1) is 22.9 Å². The van der Waals surface area contributed by atoms with Gasteiger partial charge in [0.25, 0.3) is 11.6 Å². The molecule has 0 spiro atoms. The molecule has 8 heteroatoms. The van der Waals surface area contributed by atoms with Crippen LogP contribution in [0.25, 0.3) is 22.6 Å².